The van der Waals surface area contributed by atoms with Gasteiger partial charge >= 0.3 is 36.2 Å². The third-order valence-corrected chi connectivity index (χ3v) is 1.08. The van der Waals surface area contributed by atoms with Crippen LogP contribution in [0.5, 0.6) is 0 Å². The van der Waals surface area contributed by atoms with E-state index >= 15 is 0 Å². The van der Waals surface area contributed by atoms with Crippen LogP contribution in [0.15, 0.2) is 11.4 Å². The van der Waals surface area contributed by atoms with E-state index in [9.17, 15) is 0 Å². The molecule has 0 aliphatic heterocycles. The zero-order chi connectivity index (χ0) is 3.41. The van der Waals surface area contributed by atoms with E-state index in [1.807, 2.05) is 0 Å². The summed E-state index contributed by atoms with van der Waals surface area (Å²) >= 11 is -0.0486. The number of halogens is 1. The second-order valence-corrected chi connectivity index (χ2v) is 2.47. The summed E-state index contributed by atoms with van der Waals surface area (Å²) < 4.78 is 0. The quantitative estimate of drug-likeness (QED) is 0.473. The monoisotopic (exact) mass is 137 g/mol. The molecule has 0 bridgehead atoms. The van der Waals surface area contributed by atoms with Gasteiger partial charge in [-0.05, 0) is 0 Å². The summed E-state index contributed by atoms with van der Waals surface area (Å²) in [6, 6.07) is 0. The third kappa shape index (κ3) is 2.59. The molecule has 0 spiro atoms. The molecule has 0 aromatic heterocycles. The van der Waals surface area contributed by atoms with Crippen LogP contribution in [0.4, 0.5) is 0 Å². The van der Waals surface area contributed by atoms with Gasteiger partial charge < -0.3 is 0 Å². The number of hydrogen-bond acceptors (Lipinski definition) is 0. The molecular formula is C2H3AsCl. The van der Waals surface area contributed by atoms with E-state index in [4.69, 9.17) is 9.95 Å². The molecule has 4 heavy (non-hydrogen) atoms. The van der Waals surface area contributed by atoms with Crippen LogP contribution in [-0.2, 0) is 0 Å². The van der Waals surface area contributed by atoms with E-state index in [-0.39, 0.29) is 14.8 Å². The van der Waals surface area contributed by atoms with Crippen molar-refractivity contribution in [1.29, 1.82) is 0 Å². The standard InChI is InChI=1S/C2H3AsCl/c1-2-3-4/h2H,1H2. The molecule has 0 aromatic rings. The number of hydrogen-bond donors (Lipinski definition) is 0. The summed E-state index contributed by atoms with van der Waals surface area (Å²) in [7, 11) is 5.16. The number of rotatable bonds is 1. The molecule has 2 heteroatoms. The van der Waals surface area contributed by atoms with Gasteiger partial charge in [0.05, 0.1) is 0 Å². The van der Waals surface area contributed by atoms with Crippen molar-refractivity contribution in [2.45, 2.75) is 0 Å². The van der Waals surface area contributed by atoms with Crippen molar-refractivity contribution in [3.05, 3.63) is 11.4 Å². The minimum absolute atomic E-state index is 0.0486. The molecule has 0 heterocycles. The molecule has 0 amide bonds. The van der Waals surface area contributed by atoms with E-state index in [1.54, 1.807) is 4.86 Å². The molecule has 0 aromatic carbocycles. The van der Waals surface area contributed by atoms with Gasteiger partial charge in [-0.2, -0.15) is 0 Å². The average molecular weight is 137 g/mol. The van der Waals surface area contributed by atoms with Gasteiger partial charge in [-0.1, -0.05) is 0 Å². The predicted molar refractivity (Wildman–Crippen MR) is 21.8 cm³/mol. The van der Waals surface area contributed by atoms with Crippen LogP contribution in [0.3, 0.4) is 0 Å². The fourth-order valence-electron chi connectivity index (χ4n) is 0. The van der Waals surface area contributed by atoms with Crippen LogP contribution in [0.1, 0.15) is 0 Å². The van der Waals surface area contributed by atoms with Crippen molar-refractivity contribution < 1.29 is 0 Å². The van der Waals surface area contributed by atoms with Crippen LogP contribution < -0.4 is 0 Å². The molecule has 0 fully saturated rings. The molecule has 0 saturated heterocycles. The van der Waals surface area contributed by atoms with Crippen LogP contribution >= 0.6 is 9.95 Å². The maximum absolute atomic E-state index is 5.16. The zero-order valence-corrected chi connectivity index (χ0v) is 4.74. The van der Waals surface area contributed by atoms with Crippen LogP contribution in [0.2, 0.25) is 0 Å². The normalized spacial score (nSPS) is 9.25. The molecule has 23 valence electrons. The fraction of sp³-hybridized carbons (Fsp3) is 0. The van der Waals surface area contributed by atoms with Crippen molar-refractivity contribution in [2.24, 2.45) is 0 Å². The second kappa shape index (κ2) is 3.59. The Morgan fingerprint density at radius 2 is 2.25 bits per heavy atom. The molecule has 0 rings (SSSR count). The molecular weight excluding hydrogens is 134 g/mol. The Labute approximate surface area is 36.7 Å². The van der Waals surface area contributed by atoms with Gasteiger partial charge in [0.1, 0.15) is 0 Å². The summed E-state index contributed by atoms with van der Waals surface area (Å²) in [6.07, 6.45) is 0. The van der Waals surface area contributed by atoms with Crippen LogP contribution in [-0.4, -0.2) is 14.8 Å². The van der Waals surface area contributed by atoms with Crippen molar-refractivity contribution in [2.75, 3.05) is 0 Å². The molecule has 0 N–H and O–H groups in total. The fourth-order valence-corrected chi connectivity index (χ4v) is 0. The van der Waals surface area contributed by atoms with Crippen molar-refractivity contribution in [1.82, 2.24) is 0 Å². The predicted octanol–water partition coefficient (Wildman–Crippen LogP) is 0.988. The SMILES string of the molecule is C=C[As]Cl. The Morgan fingerprint density at radius 3 is 2.25 bits per heavy atom. The van der Waals surface area contributed by atoms with Gasteiger partial charge in [0, 0.05) is 0 Å². The second-order valence-electron chi connectivity index (χ2n) is 0.280. The Morgan fingerprint density at radius 1 is 2.00 bits per heavy atom. The molecule has 0 saturated carbocycles. The minimum atomic E-state index is -0.0486. The Balaban J connectivity index is 2.30. The van der Waals surface area contributed by atoms with Crippen LogP contribution in [0.25, 0.3) is 0 Å². The van der Waals surface area contributed by atoms with E-state index < -0.39 is 0 Å². The Bertz CT molecular complexity index is 20.0. The van der Waals surface area contributed by atoms with E-state index in [0.29, 0.717) is 0 Å². The third-order valence-electron chi connectivity index (χ3n) is 0.0690. The van der Waals surface area contributed by atoms with Crippen LogP contribution in [0, 0.1) is 0 Å². The Hall–Kier alpha value is 0.588. The molecule has 0 aliphatic carbocycles. The van der Waals surface area contributed by atoms with E-state index in [2.05, 4.69) is 6.58 Å². The molecule has 0 unspecified atom stereocenters. The van der Waals surface area contributed by atoms with Crippen molar-refractivity contribution in [3.8, 4) is 0 Å². The van der Waals surface area contributed by atoms with Gasteiger partial charge in [-0.3, -0.25) is 0 Å². The summed E-state index contributed by atoms with van der Waals surface area (Å²) in [4.78, 5) is 1.73. The van der Waals surface area contributed by atoms with Gasteiger partial charge in [-0.25, -0.2) is 0 Å². The topological polar surface area (TPSA) is 0 Å². The maximum atomic E-state index is 5.16. The van der Waals surface area contributed by atoms with Gasteiger partial charge in [0.15, 0.2) is 0 Å². The summed E-state index contributed by atoms with van der Waals surface area (Å²) in [6.45, 7) is 3.39. The first-order valence-corrected chi connectivity index (χ1v) is 4.38. The summed E-state index contributed by atoms with van der Waals surface area (Å²) in [5, 5.41) is 0. The first kappa shape index (κ1) is 4.59. The summed E-state index contributed by atoms with van der Waals surface area (Å²) in [5.41, 5.74) is 0. The molecule has 0 nitrogen and oxygen atoms in total. The molecule has 0 aliphatic rings. The molecule has 1 radical (unpaired) electrons. The Kier molecular flexibility index (Phi) is 4.12. The molecule has 0 atom stereocenters. The average Bonchev–Trinajstić information content (AvgIpc) is 1.37. The van der Waals surface area contributed by atoms with E-state index in [0.717, 1.165) is 0 Å². The first-order valence-electron chi connectivity index (χ1n) is 0.835. The first-order chi connectivity index (χ1) is 1.91. The summed E-state index contributed by atoms with van der Waals surface area (Å²) in [5.74, 6) is 0. The van der Waals surface area contributed by atoms with Crippen molar-refractivity contribution in [3.63, 3.8) is 0 Å². The zero-order valence-electron chi connectivity index (χ0n) is 2.11. The van der Waals surface area contributed by atoms with Gasteiger partial charge in [0.2, 0.25) is 0 Å². The van der Waals surface area contributed by atoms with Gasteiger partial charge in [-0.15, -0.1) is 0 Å². The van der Waals surface area contributed by atoms with Gasteiger partial charge in [0.25, 0.3) is 0 Å². The van der Waals surface area contributed by atoms with E-state index in [1.165, 1.54) is 0 Å². The van der Waals surface area contributed by atoms with Crippen molar-refractivity contribution >= 4 is 24.8 Å².